The molecule has 0 saturated carbocycles. The minimum atomic E-state index is 0.304. The monoisotopic (exact) mass is 257 g/mol. The van der Waals surface area contributed by atoms with E-state index in [0.717, 1.165) is 25.3 Å². The summed E-state index contributed by atoms with van der Waals surface area (Å²) in [6.45, 7) is 6.02. The summed E-state index contributed by atoms with van der Waals surface area (Å²) in [7, 11) is 0. The molecule has 0 spiro atoms. The summed E-state index contributed by atoms with van der Waals surface area (Å²) in [5.41, 5.74) is 2.65. The van der Waals surface area contributed by atoms with Crippen LogP contribution in [-0.4, -0.2) is 21.6 Å². The number of hydrogen-bond acceptors (Lipinski definition) is 4. The summed E-state index contributed by atoms with van der Waals surface area (Å²) < 4.78 is 5.10. The van der Waals surface area contributed by atoms with Crippen LogP contribution in [0, 0.1) is 13.8 Å². The van der Waals surface area contributed by atoms with E-state index in [2.05, 4.69) is 46.2 Å². The first-order valence-electron chi connectivity index (χ1n) is 6.82. The molecule has 4 nitrogen and oxygen atoms in total. The lowest BCUT2D eigenvalue weighted by Gasteiger charge is -2.21. The van der Waals surface area contributed by atoms with E-state index >= 15 is 0 Å². The fourth-order valence-corrected chi connectivity index (χ4v) is 2.69. The minimum absolute atomic E-state index is 0.304. The highest BCUT2D eigenvalue weighted by Crippen LogP contribution is 2.31. The molecule has 1 fully saturated rings. The van der Waals surface area contributed by atoms with Crippen molar-refractivity contribution >= 4 is 0 Å². The van der Waals surface area contributed by atoms with Crippen molar-refractivity contribution in [2.24, 2.45) is 0 Å². The molecule has 0 aliphatic carbocycles. The Morgan fingerprint density at radius 2 is 2.05 bits per heavy atom. The molecule has 4 heteroatoms. The SMILES string of the molecule is Cc1ccc(CN2CCCC2c2noc(C)n2)cc1. The first-order valence-corrected chi connectivity index (χ1v) is 6.82. The molecule has 2 aromatic rings. The molecular formula is C15H19N3O. The molecule has 19 heavy (non-hydrogen) atoms. The highest BCUT2D eigenvalue weighted by molar-refractivity contribution is 5.21. The van der Waals surface area contributed by atoms with Gasteiger partial charge in [0.05, 0.1) is 6.04 Å². The second-order valence-corrected chi connectivity index (χ2v) is 5.29. The summed E-state index contributed by atoms with van der Waals surface area (Å²) in [4.78, 5) is 6.82. The Labute approximate surface area is 113 Å². The lowest BCUT2D eigenvalue weighted by molar-refractivity contribution is 0.234. The second-order valence-electron chi connectivity index (χ2n) is 5.29. The van der Waals surface area contributed by atoms with Gasteiger partial charge in [-0.15, -0.1) is 0 Å². The maximum Gasteiger partial charge on any atom is 0.223 e. The van der Waals surface area contributed by atoms with Crippen molar-refractivity contribution in [3.05, 3.63) is 47.1 Å². The van der Waals surface area contributed by atoms with E-state index in [4.69, 9.17) is 4.52 Å². The van der Waals surface area contributed by atoms with E-state index in [-0.39, 0.29) is 0 Å². The predicted molar refractivity (Wildman–Crippen MR) is 72.6 cm³/mol. The average molecular weight is 257 g/mol. The summed E-state index contributed by atoms with van der Waals surface area (Å²) in [5.74, 6) is 1.49. The standard InChI is InChI=1S/C15H19N3O/c1-11-5-7-13(8-6-11)10-18-9-3-4-14(18)15-16-12(2)19-17-15/h5-8,14H,3-4,9-10H2,1-2H3. The quantitative estimate of drug-likeness (QED) is 0.847. The summed E-state index contributed by atoms with van der Waals surface area (Å²) in [6, 6.07) is 9.04. The topological polar surface area (TPSA) is 42.2 Å². The van der Waals surface area contributed by atoms with Crippen molar-refractivity contribution in [3.63, 3.8) is 0 Å². The molecule has 0 N–H and O–H groups in total. The molecule has 100 valence electrons. The van der Waals surface area contributed by atoms with Gasteiger partial charge in [-0.1, -0.05) is 35.0 Å². The zero-order chi connectivity index (χ0) is 13.2. The Morgan fingerprint density at radius 1 is 1.26 bits per heavy atom. The molecule has 0 radical (unpaired) electrons. The third kappa shape index (κ3) is 2.68. The second kappa shape index (κ2) is 5.13. The molecule has 1 unspecified atom stereocenters. The van der Waals surface area contributed by atoms with Crippen molar-refractivity contribution in [2.45, 2.75) is 39.3 Å². The number of aromatic nitrogens is 2. The lowest BCUT2D eigenvalue weighted by atomic mass is 10.1. The summed E-state index contributed by atoms with van der Waals surface area (Å²) >= 11 is 0. The largest absolute Gasteiger partial charge is 0.340 e. The molecular weight excluding hydrogens is 238 g/mol. The van der Waals surface area contributed by atoms with Gasteiger partial charge in [-0.2, -0.15) is 4.98 Å². The fraction of sp³-hybridized carbons (Fsp3) is 0.467. The predicted octanol–water partition coefficient (Wildman–Crippen LogP) is 3.02. The number of hydrogen-bond donors (Lipinski definition) is 0. The summed E-state index contributed by atoms with van der Waals surface area (Å²) in [5, 5.41) is 4.08. The molecule has 2 heterocycles. The maximum absolute atomic E-state index is 5.10. The normalized spacial score (nSPS) is 20.0. The van der Waals surface area contributed by atoms with Crippen LogP contribution in [0.25, 0.3) is 0 Å². The molecule has 1 saturated heterocycles. The van der Waals surface area contributed by atoms with Crippen molar-refractivity contribution in [1.82, 2.24) is 15.0 Å². The zero-order valence-corrected chi connectivity index (χ0v) is 11.5. The smallest absolute Gasteiger partial charge is 0.223 e. The van der Waals surface area contributed by atoms with Crippen LogP contribution in [0.5, 0.6) is 0 Å². The van der Waals surface area contributed by atoms with Gasteiger partial charge in [-0.05, 0) is 31.9 Å². The van der Waals surface area contributed by atoms with Gasteiger partial charge >= 0.3 is 0 Å². The van der Waals surface area contributed by atoms with Crippen LogP contribution in [0.3, 0.4) is 0 Å². The van der Waals surface area contributed by atoms with E-state index in [9.17, 15) is 0 Å². The van der Waals surface area contributed by atoms with Crippen LogP contribution in [0.4, 0.5) is 0 Å². The molecule has 0 amide bonds. The molecule has 1 atom stereocenters. The van der Waals surface area contributed by atoms with E-state index < -0.39 is 0 Å². The molecule has 0 bridgehead atoms. The molecule has 1 aromatic carbocycles. The van der Waals surface area contributed by atoms with Gasteiger partial charge < -0.3 is 4.52 Å². The Kier molecular flexibility index (Phi) is 3.34. The van der Waals surface area contributed by atoms with Gasteiger partial charge in [0.1, 0.15) is 0 Å². The highest BCUT2D eigenvalue weighted by atomic mass is 16.5. The number of rotatable bonds is 3. The Balaban J connectivity index is 1.74. The van der Waals surface area contributed by atoms with Crippen LogP contribution in [-0.2, 0) is 6.54 Å². The Hall–Kier alpha value is -1.68. The highest BCUT2D eigenvalue weighted by Gasteiger charge is 2.29. The molecule has 1 aliphatic heterocycles. The van der Waals surface area contributed by atoms with Gasteiger partial charge in [-0.25, -0.2) is 0 Å². The van der Waals surface area contributed by atoms with Crippen molar-refractivity contribution in [3.8, 4) is 0 Å². The van der Waals surface area contributed by atoms with Crippen molar-refractivity contribution in [2.75, 3.05) is 6.54 Å². The van der Waals surface area contributed by atoms with Gasteiger partial charge in [-0.3, -0.25) is 4.90 Å². The van der Waals surface area contributed by atoms with Crippen LogP contribution in [0.2, 0.25) is 0 Å². The molecule has 1 aromatic heterocycles. The van der Waals surface area contributed by atoms with E-state index in [1.807, 2.05) is 6.92 Å². The summed E-state index contributed by atoms with van der Waals surface area (Å²) in [6.07, 6.45) is 2.31. The van der Waals surface area contributed by atoms with Crippen LogP contribution >= 0.6 is 0 Å². The van der Waals surface area contributed by atoms with Crippen LogP contribution in [0.15, 0.2) is 28.8 Å². The average Bonchev–Trinajstić information content (AvgIpc) is 3.01. The minimum Gasteiger partial charge on any atom is -0.340 e. The first kappa shape index (κ1) is 12.4. The fourth-order valence-electron chi connectivity index (χ4n) is 2.69. The van der Waals surface area contributed by atoms with E-state index in [0.29, 0.717) is 11.9 Å². The zero-order valence-electron chi connectivity index (χ0n) is 11.5. The van der Waals surface area contributed by atoms with Gasteiger partial charge in [0, 0.05) is 13.5 Å². The van der Waals surface area contributed by atoms with E-state index in [1.165, 1.54) is 17.5 Å². The third-order valence-corrected chi connectivity index (χ3v) is 3.71. The number of likely N-dealkylation sites (tertiary alicyclic amines) is 1. The van der Waals surface area contributed by atoms with Gasteiger partial charge in [0.15, 0.2) is 5.82 Å². The third-order valence-electron chi connectivity index (χ3n) is 3.71. The Morgan fingerprint density at radius 3 is 2.74 bits per heavy atom. The molecule has 3 rings (SSSR count). The number of benzene rings is 1. The van der Waals surface area contributed by atoms with Crippen LogP contribution in [0.1, 0.15) is 41.7 Å². The van der Waals surface area contributed by atoms with Gasteiger partial charge in [0.2, 0.25) is 5.89 Å². The van der Waals surface area contributed by atoms with Crippen molar-refractivity contribution in [1.29, 1.82) is 0 Å². The van der Waals surface area contributed by atoms with E-state index in [1.54, 1.807) is 0 Å². The lowest BCUT2D eigenvalue weighted by Crippen LogP contribution is -2.23. The van der Waals surface area contributed by atoms with Crippen molar-refractivity contribution < 1.29 is 4.52 Å². The first-order chi connectivity index (χ1) is 9.22. The van der Waals surface area contributed by atoms with Crippen LogP contribution < -0.4 is 0 Å². The molecule has 1 aliphatic rings. The number of nitrogens with zero attached hydrogens (tertiary/aromatic N) is 3. The Bertz CT molecular complexity index is 547. The maximum atomic E-state index is 5.10. The van der Waals surface area contributed by atoms with Gasteiger partial charge in [0.25, 0.3) is 0 Å². The number of aryl methyl sites for hydroxylation is 2.